The summed E-state index contributed by atoms with van der Waals surface area (Å²) < 4.78 is 0. The van der Waals surface area contributed by atoms with Crippen LogP contribution in [0.4, 0.5) is 0 Å². The van der Waals surface area contributed by atoms with E-state index >= 15 is 0 Å². The van der Waals surface area contributed by atoms with Crippen molar-refractivity contribution in [1.29, 1.82) is 0 Å². The Morgan fingerprint density at radius 1 is 1.38 bits per heavy atom. The van der Waals surface area contributed by atoms with Gasteiger partial charge in [-0.05, 0) is 31.7 Å². The third-order valence-electron chi connectivity index (χ3n) is 2.97. The number of nitrogens with one attached hydrogen (secondary N) is 2. The van der Waals surface area contributed by atoms with Crippen LogP contribution in [0.15, 0.2) is 27.9 Å². The molecular weight excluding hydrogens is 300 g/mol. The number of thiophene rings is 1. The molecule has 0 aliphatic carbocycles. The van der Waals surface area contributed by atoms with Gasteiger partial charge in [-0.2, -0.15) is 0 Å². The third kappa shape index (κ3) is 4.82. The summed E-state index contributed by atoms with van der Waals surface area (Å²) in [5, 5.41) is 12.1. The van der Waals surface area contributed by atoms with E-state index in [4.69, 9.17) is 0 Å². The molecule has 0 aromatic carbocycles. The van der Waals surface area contributed by atoms with Crippen molar-refractivity contribution in [2.24, 2.45) is 4.99 Å². The minimum Gasteiger partial charge on any atom is -0.357 e. The van der Waals surface area contributed by atoms with Crippen LogP contribution in [0.25, 0.3) is 0 Å². The molecule has 114 valence electrons. The summed E-state index contributed by atoms with van der Waals surface area (Å²) in [4.78, 5) is 10.5. The predicted octanol–water partition coefficient (Wildman–Crippen LogP) is 3.58. The Kier molecular flexibility index (Phi) is 6.20. The first-order chi connectivity index (χ1) is 10.2. The predicted molar refractivity (Wildman–Crippen MR) is 92.2 cm³/mol. The van der Waals surface area contributed by atoms with E-state index in [0.717, 1.165) is 24.6 Å². The van der Waals surface area contributed by atoms with Gasteiger partial charge in [0.2, 0.25) is 0 Å². The van der Waals surface area contributed by atoms with Gasteiger partial charge >= 0.3 is 0 Å². The third-order valence-corrected chi connectivity index (χ3v) is 5.07. The lowest BCUT2D eigenvalue weighted by Crippen LogP contribution is -2.38. The molecule has 0 aliphatic heterocycles. The highest BCUT2D eigenvalue weighted by atomic mass is 32.1. The van der Waals surface area contributed by atoms with Crippen molar-refractivity contribution in [3.05, 3.63) is 38.5 Å². The molecule has 0 aliphatic rings. The maximum Gasteiger partial charge on any atom is 0.192 e. The lowest BCUT2D eigenvalue weighted by molar-refractivity contribution is 0.697. The maximum absolute atomic E-state index is 4.62. The molecule has 2 aromatic rings. The molecule has 0 saturated heterocycles. The topological polar surface area (TPSA) is 49.3 Å². The largest absolute Gasteiger partial charge is 0.357 e. The Bertz CT molecular complexity index is 560. The van der Waals surface area contributed by atoms with Crippen LogP contribution in [-0.2, 0) is 13.0 Å². The second-order valence-electron chi connectivity index (χ2n) is 4.66. The van der Waals surface area contributed by atoms with Gasteiger partial charge in [-0.15, -0.1) is 22.7 Å². The molecule has 1 atom stereocenters. The maximum atomic E-state index is 4.62. The van der Waals surface area contributed by atoms with Crippen LogP contribution >= 0.6 is 22.7 Å². The molecule has 21 heavy (non-hydrogen) atoms. The standard InChI is InChI=1S/C15H22N4S2/c1-4-14-19-12(10-21-14)9-17-15(16-5-2)18-11(3)13-7-6-8-20-13/h6-8,10-11H,4-5,9H2,1-3H3,(H2,16,17,18). The Morgan fingerprint density at radius 3 is 2.86 bits per heavy atom. The Balaban J connectivity index is 1.98. The number of aryl methyl sites for hydroxylation is 1. The lowest BCUT2D eigenvalue weighted by Gasteiger charge is -2.16. The van der Waals surface area contributed by atoms with Gasteiger partial charge in [0, 0.05) is 16.8 Å². The molecule has 1 unspecified atom stereocenters. The molecular formula is C15H22N4S2. The number of hydrogen-bond acceptors (Lipinski definition) is 4. The smallest absolute Gasteiger partial charge is 0.192 e. The van der Waals surface area contributed by atoms with Crippen LogP contribution in [0.5, 0.6) is 0 Å². The van der Waals surface area contributed by atoms with Crippen LogP contribution in [0.1, 0.15) is 42.4 Å². The molecule has 4 nitrogen and oxygen atoms in total. The molecule has 0 bridgehead atoms. The highest BCUT2D eigenvalue weighted by molar-refractivity contribution is 7.10. The van der Waals surface area contributed by atoms with Gasteiger partial charge in [0.15, 0.2) is 5.96 Å². The van der Waals surface area contributed by atoms with E-state index in [1.54, 1.807) is 22.7 Å². The fraction of sp³-hybridized carbons (Fsp3) is 0.467. The van der Waals surface area contributed by atoms with Crippen molar-refractivity contribution in [2.75, 3.05) is 6.54 Å². The highest BCUT2D eigenvalue weighted by Crippen LogP contribution is 2.18. The van der Waals surface area contributed by atoms with Crippen molar-refractivity contribution in [2.45, 2.75) is 39.8 Å². The van der Waals surface area contributed by atoms with E-state index in [-0.39, 0.29) is 6.04 Å². The van der Waals surface area contributed by atoms with Gasteiger partial charge in [0.1, 0.15) is 0 Å². The summed E-state index contributed by atoms with van der Waals surface area (Å²) >= 11 is 3.46. The normalized spacial score (nSPS) is 13.2. The van der Waals surface area contributed by atoms with Crippen molar-refractivity contribution in [3.8, 4) is 0 Å². The van der Waals surface area contributed by atoms with E-state index in [9.17, 15) is 0 Å². The van der Waals surface area contributed by atoms with E-state index in [2.05, 4.69) is 64.3 Å². The lowest BCUT2D eigenvalue weighted by atomic mass is 10.3. The minimum atomic E-state index is 0.254. The molecule has 0 saturated carbocycles. The zero-order chi connectivity index (χ0) is 15.1. The van der Waals surface area contributed by atoms with Crippen molar-refractivity contribution in [1.82, 2.24) is 15.6 Å². The van der Waals surface area contributed by atoms with Gasteiger partial charge in [0.25, 0.3) is 0 Å². The molecule has 0 fully saturated rings. The first-order valence-corrected chi connectivity index (χ1v) is 9.00. The van der Waals surface area contributed by atoms with Crippen molar-refractivity contribution in [3.63, 3.8) is 0 Å². The van der Waals surface area contributed by atoms with Gasteiger partial charge in [-0.3, -0.25) is 0 Å². The Labute approximate surface area is 134 Å². The van der Waals surface area contributed by atoms with Crippen LogP contribution in [-0.4, -0.2) is 17.5 Å². The Hall–Kier alpha value is -1.40. The van der Waals surface area contributed by atoms with Crippen LogP contribution in [0.2, 0.25) is 0 Å². The molecule has 2 rings (SSSR count). The van der Waals surface area contributed by atoms with Gasteiger partial charge in [-0.1, -0.05) is 13.0 Å². The number of aromatic nitrogens is 1. The van der Waals surface area contributed by atoms with Gasteiger partial charge in [0.05, 0.1) is 23.3 Å². The molecule has 0 amide bonds. The van der Waals surface area contributed by atoms with Crippen LogP contribution < -0.4 is 10.6 Å². The number of rotatable bonds is 6. The SMILES string of the molecule is CCNC(=NCc1csc(CC)n1)NC(C)c1cccs1. The van der Waals surface area contributed by atoms with Gasteiger partial charge in [-0.25, -0.2) is 9.98 Å². The van der Waals surface area contributed by atoms with Crippen LogP contribution in [0, 0.1) is 0 Å². The Morgan fingerprint density at radius 2 is 2.24 bits per heavy atom. The molecule has 2 aromatic heterocycles. The first-order valence-electron chi connectivity index (χ1n) is 7.24. The molecule has 2 N–H and O–H groups in total. The van der Waals surface area contributed by atoms with E-state index in [1.165, 1.54) is 9.88 Å². The zero-order valence-electron chi connectivity index (χ0n) is 12.7. The molecule has 2 heterocycles. The average Bonchev–Trinajstić information content (AvgIpc) is 3.16. The van der Waals surface area contributed by atoms with E-state index in [1.807, 2.05) is 0 Å². The van der Waals surface area contributed by atoms with Crippen molar-refractivity contribution >= 4 is 28.6 Å². The fourth-order valence-corrected chi connectivity index (χ4v) is 3.35. The summed E-state index contributed by atoms with van der Waals surface area (Å²) in [6.45, 7) is 7.81. The second kappa shape index (κ2) is 8.14. The number of guanidine groups is 1. The number of aliphatic imine (C=N–C) groups is 1. The second-order valence-corrected chi connectivity index (χ2v) is 6.58. The molecule has 0 spiro atoms. The number of nitrogens with zero attached hydrogens (tertiary/aromatic N) is 2. The summed E-state index contributed by atoms with van der Waals surface area (Å²) in [7, 11) is 0. The molecule has 6 heteroatoms. The van der Waals surface area contributed by atoms with Crippen molar-refractivity contribution < 1.29 is 0 Å². The monoisotopic (exact) mass is 322 g/mol. The first kappa shape index (κ1) is 16.0. The summed E-state index contributed by atoms with van der Waals surface area (Å²) in [5.41, 5.74) is 1.04. The number of hydrogen-bond donors (Lipinski definition) is 2. The minimum absolute atomic E-state index is 0.254. The number of thiazole rings is 1. The fourth-order valence-electron chi connectivity index (χ4n) is 1.88. The van der Waals surface area contributed by atoms with E-state index < -0.39 is 0 Å². The van der Waals surface area contributed by atoms with Gasteiger partial charge < -0.3 is 10.6 Å². The zero-order valence-corrected chi connectivity index (χ0v) is 14.4. The van der Waals surface area contributed by atoms with Crippen LogP contribution in [0.3, 0.4) is 0 Å². The highest BCUT2D eigenvalue weighted by Gasteiger charge is 2.08. The summed E-state index contributed by atoms with van der Waals surface area (Å²) in [6, 6.07) is 4.47. The average molecular weight is 323 g/mol. The summed E-state index contributed by atoms with van der Waals surface area (Å²) in [6.07, 6.45) is 0.988. The molecule has 0 radical (unpaired) electrons. The quantitative estimate of drug-likeness (QED) is 0.631. The van der Waals surface area contributed by atoms with E-state index in [0.29, 0.717) is 6.54 Å². The summed E-state index contributed by atoms with van der Waals surface area (Å²) in [5.74, 6) is 0.837.